The topological polar surface area (TPSA) is 35.5 Å². The lowest BCUT2D eigenvalue weighted by molar-refractivity contribution is -0.132. The molecule has 0 aliphatic carbocycles. The van der Waals surface area contributed by atoms with Gasteiger partial charge in [-0.2, -0.15) is 0 Å². The van der Waals surface area contributed by atoms with E-state index in [-0.39, 0.29) is 12.1 Å². The van der Waals surface area contributed by atoms with Crippen LogP contribution in [0.2, 0.25) is 0 Å². The van der Waals surface area contributed by atoms with Crippen molar-refractivity contribution in [1.82, 2.24) is 0 Å². The first-order chi connectivity index (χ1) is 15.9. The maximum absolute atomic E-state index is 11.8. The zero-order valence-corrected chi connectivity index (χ0v) is 23.8. The van der Waals surface area contributed by atoms with Crippen LogP contribution in [0.5, 0.6) is 11.5 Å². The van der Waals surface area contributed by atoms with Crippen LogP contribution in [0.25, 0.3) is 0 Å². The van der Waals surface area contributed by atoms with Crippen LogP contribution in [0.4, 0.5) is 0 Å². The van der Waals surface area contributed by atoms with E-state index in [4.69, 9.17) is 9.47 Å². The average molecular weight is 473 g/mol. The van der Waals surface area contributed by atoms with Gasteiger partial charge >= 0.3 is 5.97 Å². The highest BCUT2D eigenvalue weighted by Gasteiger charge is 2.37. The Morgan fingerprint density at radius 3 is 1.97 bits per heavy atom. The fourth-order valence-corrected chi connectivity index (χ4v) is 5.74. The van der Waals surface area contributed by atoms with Crippen molar-refractivity contribution >= 4 is 5.97 Å². The molecule has 194 valence electrons. The highest BCUT2D eigenvalue weighted by Crippen LogP contribution is 2.50. The van der Waals surface area contributed by atoms with E-state index in [0.717, 1.165) is 52.4 Å². The van der Waals surface area contributed by atoms with Crippen LogP contribution in [0.15, 0.2) is 0 Å². The molecule has 0 spiro atoms. The van der Waals surface area contributed by atoms with E-state index in [1.54, 1.807) is 0 Å². The van der Waals surface area contributed by atoms with Gasteiger partial charge in [0.15, 0.2) is 0 Å². The second-order valence-corrected chi connectivity index (χ2v) is 11.9. The van der Waals surface area contributed by atoms with Crippen LogP contribution in [0, 0.1) is 44.4 Å². The van der Waals surface area contributed by atoms with E-state index in [0.29, 0.717) is 11.8 Å². The summed E-state index contributed by atoms with van der Waals surface area (Å²) in [5, 5.41) is 0. The molecule has 1 heterocycles. The van der Waals surface area contributed by atoms with Gasteiger partial charge in [-0.1, -0.05) is 79.6 Å². The molecule has 0 N–H and O–H groups in total. The minimum atomic E-state index is -0.257. The number of esters is 1. The van der Waals surface area contributed by atoms with Gasteiger partial charge in [-0.05, 0) is 80.4 Å². The van der Waals surface area contributed by atoms with Crippen molar-refractivity contribution in [3.63, 3.8) is 0 Å². The van der Waals surface area contributed by atoms with Gasteiger partial charge in [-0.3, -0.25) is 4.79 Å². The number of carbonyl (C=O) groups is 1. The quantitative estimate of drug-likeness (QED) is 0.225. The summed E-state index contributed by atoms with van der Waals surface area (Å²) < 4.78 is 12.1. The first kappa shape index (κ1) is 28.7. The summed E-state index contributed by atoms with van der Waals surface area (Å²) in [5.41, 5.74) is 4.48. The van der Waals surface area contributed by atoms with Crippen LogP contribution in [-0.2, 0) is 4.79 Å². The largest absolute Gasteiger partial charge is 0.490 e. The Balaban J connectivity index is 2.05. The van der Waals surface area contributed by atoms with E-state index in [2.05, 4.69) is 55.4 Å². The van der Waals surface area contributed by atoms with Crippen molar-refractivity contribution in [3.8, 4) is 11.5 Å². The highest BCUT2D eigenvalue weighted by molar-refractivity contribution is 5.72. The molecule has 5 atom stereocenters. The van der Waals surface area contributed by atoms with Crippen LogP contribution < -0.4 is 9.47 Å². The molecule has 2 rings (SSSR count). The fourth-order valence-electron chi connectivity index (χ4n) is 5.74. The zero-order chi connectivity index (χ0) is 25.6. The number of hydrogen-bond acceptors (Lipinski definition) is 3. The third kappa shape index (κ3) is 7.49. The average Bonchev–Trinajstić information content (AvgIpc) is 2.75. The van der Waals surface area contributed by atoms with Crippen LogP contribution >= 0.6 is 0 Å². The minimum Gasteiger partial charge on any atom is -0.490 e. The standard InChI is InChI=1S/C31H52O3/c1-19(2)13-11-14-20(3)15-12-16-21(4)17-18-28-24(7)26(9)33-31-23(6)22(5)30(34-27(10)32)25(8)29(28)31/h19-21,24,26,28H,11-18H2,1-10H3. The van der Waals surface area contributed by atoms with Crippen molar-refractivity contribution in [1.29, 1.82) is 0 Å². The lowest BCUT2D eigenvalue weighted by Crippen LogP contribution is -2.33. The lowest BCUT2D eigenvalue weighted by Gasteiger charge is -2.39. The number of fused-ring (bicyclic) bond motifs is 1. The Kier molecular flexibility index (Phi) is 11.0. The van der Waals surface area contributed by atoms with Crippen molar-refractivity contribution in [2.45, 2.75) is 133 Å². The molecule has 34 heavy (non-hydrogen) atoms. The Morgan fingerprint density at radius 2 is 1.41 bits per heavy atom. The van der Waals surface area contributed by atoms with Gasteiger partial charge in [0.25, 0.3) is 0 Å². The Hall–Kier alpha value is -1.51. The van der Waals surface area contributed by atoms with Crippen molar-refractivity contribution in [2.24, 2.45) is 23.7 Å². The zero-order valence-electron chi connectivity index (χ0n) is 23.8. The van der Waals surface area contributed by atoms with E-state index >= 15 is 0 Å². The number of ether oxygens (including phenoxy) is 2. The summed E-state index contributed by atoms with van der Waals surface area (Å²) in [6, 6.07) is 0. The van der Waals surface area contributed by atoms with Gasteiger partial charge < -0.3 is 9.47 Å². The van der Waals surface area contributed by atoms with E-state index < -0.39 is 0 Å². The Morgan fingerprint density at radius 1 is 0.853 bits per heavy atom. The molecule has 1 aromatic rings. The molecule has 3 heteroatoms. The van der Waals surface area contributed by atoms with Crippen LogP contribution in [0.1, 0.15) is 128 Å². The second-order valence-electron chi connectivity index (χ2n) is 11.9. The molecule has 0 amide bonds. The molecular weight excluding hydrogens is 420 g/mol. The van der Waals surface area contributed by atoms with E-state index in [9.17, 15) is 4.79 Å². The lowest BCUT2D eigenvalue weighted by atomic mass is 9.74. The molecular formula is C31H52O3. The molecule has 0 aromatic heterocycles. The molecule has 0 radical (unpaired) electrons. The maximum atomic E-state index is 11.8. The fraction of sp³-hybridized carbons (Fsp3) is 0.774. The molecule has 0 saturated carbocycles. The van der Waals surface area contributed by atoms with Gasteiger partial charge in [0.2, 0.25) is 0 Å². The van der Waals surface area contributed by atoms with Gasteiger partial charge in [-0.15, -0.1) is 0 Å². The summed E-state index contributed by atoms with van der Waals surface area (Å²) in [7, 11) is 0. The van der Waals surface area contributed by atoms with Crippen LogP contribution in [-0.4, -0.2) is 12.1 Å². The normalized spacial score (nSPS) is 21.7. The number of rotatable bonds is 12. The van der Waals surface area contributed by atoms with Crippen molar-refractivity contribution < 1.29 is 14.3 Å². The first-order valence-corrected chi connectivity index (χ1v) is 13.9. The SMILES string of the molecule is CC(=O)Oc1c(C)c(C)c2c(c1C)C(CCC(C)CCCC(C)CCCC(C)C)C(C)C(C)O2. The molecule has 0 fully saturated rings. The molecule has 1 aliphatic rings. The summed E-state index contributed by atoms with van der Waals surface area (Å²) >= 11 is 0. The van der Waals surface area contributed by atoms with E-state index in [1.165, 1.54) is 57.4 Å². The molecule has 5 unspecified atom stereocenters. The van der Waals surface area contributed by atoms with Crippen molar-refractivity contribution in [3.05, 3.63) is 22.3 Å². The first-order valence-electron chi connectivity index (χ1n) is 13.9. The maximum Gasteiger partial charge on any atom is 0.308 e. The molecule has 1 aromatic carbocycles. The second kappa shape index (κ2) is 13.0. The number of benzene rings is 1. The monoisotopic (exact) mass is 472 g/mol. The Labute approximate surface area is 210 Å². The molecule has 0 bridgehead atoms. The third-order valence-corrected chi connectivity index (χ3v) is 8.37. The van der Waals surface area contributed by atoms with Gasteiger partial charge in [0.05, 0.1) is 6.10 Å². The molecule has 3 nitrogen and oxygen atoms in total. The summed E-state index contributed by atoms with van der Waals surface area (Å²) in [6.07, 6.45) is 10.7. The van der Waals surface area contributed by atoms with Gasteiger partial charge in [0.1, 0.15) is 11.5 Å². The smallest absolute Gasteiger partial charge is 0.308 e. The predicted molar refractivity (Wildman–Crippen MR) is 144 cm³/mol. The minimum absolute atomic E-state index is 0.191. The van der Waals surface area contributed by atoms with Crippen molar-refractivity contribution in [2.75, 3.05) is 0 Å². The Bertz CT molecular complexity index is 810. The summed E-state index contributed by atoms with van der Waals surface area (Å²) in [4.78, 5) is 11.8. The third-order valence-electron chi connectivity index (χ3n) is 8.37. The number of hydrogen-bond donors (Lipinski definition) is 0. The highest BCUT2D eigenvalue weighted by atomic mass is 16.5. The van der Waals surface area contributed by atoms with Crippen LogP contribution in [0.3, 0.4) is 0 Å². The van der Waals surface area contributed by atoms with Gasteiger partial charge in [0, 0.05) is 12.5 Å². The molecule has 0 saturated heterocycles. The molecule has 1 aliphatic heterocycles. The van der Waals surface area contributed by atoms with E-state index in [1.807, 2.05) is 6.92 Å². The predicted octanol–water partition coefficient (Wildman–Crippen LogP) is 9.09. The number of carbonyl (C=O) groups excluding carboxylic acids is 1. The summed E-state index contributed by atoms with van der Waals surface area (Å²) in [6.45, 7) is 21.8. The van der Waals surface area contributed by atoms with Gasteiger partial charge in [-0.25, -0.2) is 0 Å². The summed E-state index contributed by atoms with van der Waals surface area (Å²) in [5.74, 6) is 4.79.